The van der Waals surface area contributed by atoms with E-state index in [0.717, 1.165) is 31.6 Å². The number of hydrogen-bond acceptors (Lipinski definition) is 4. The maximum absolute atomic E-state index is 12.0. The molecule has 1 amide bonds. The number of hydrogen-bond donors (Lipinski definition) is 2. The number of rotatable bonds is 4. The van der Waals surface area contributed by atoms with E-state index < -0.39 is 0 Å². The molecule has 0 aliphatic carbocycles. The molecule has 5 heteroatoms. The number of benzene rings is 1. The van der Waals surface area contributed by atoms with Crippen molar-refractivity contribution in [3.8, 4) is 0 Å². The molecule has 0 bridgehead atoms. The van der Waals surface area contributed by atoms with Gasteiger partial charge in [-0.1, -0.05) is 0 Å². The van der Waals surface area contributed by atoms with Crippen LogP contribution in [-0.4, -0.2) is 36.2 Å². The molecule has 0 saturated carbocycles. The van der Waals surface area contributed by atoms with E-state index in [0.29, 0.717) is 11.3 Å². The van der Waals surface area contributed by atoms with E-state index in [1.54, 1.807) is 18.2 Å². The van der Waals surface area contributed by atoms with Crippen molar-refractivity contribution >= 4 is 23.1 Å². The predicted octanol–water partition coefficient (Wildman–Crippen LogP) is 1.90. The lowest BCUT2D eigenvalue weighted by Crippen LogP contribution is -2.39. The minimum absolute atomic E-state index is 0.0570. The summed E-state index contributed by atoms with van der Waals surface area (Å²) < 4.78 is 0. The molecular formula is C15H21N3O2. The number of nitrogens with one attached hydrogen (secondary N) is 1. The molecule has 1 aliphatic heterocycles. The van der Waals surface area contributed by atoms with E-state index in [4.69, 9.17) is 5.73 Å². The number of amides is 1. The van der Waals surface area contributed by atoms with Gasteiger partial charge >= 0.3 is 0 Å². The SMILES string of the molecule is CC(=O)c1ccc(NCC(=O)N2CCCCC2)cc1N. The number of anilines is 2. The molecule has 1 aromatic carbocycles. The first-order valence-electron chi connectivity index (χ1n) is 7.00. The molecule has 1 fully saturated rings. The standard InChI is InChI=1S/C15H21N3O2/c1-11(19)13-6-5-12(9-14(13)16)17-10-15(20)18-7-3-2-4-8-18/h5-6,9,17H,2-4,7-8,10,16H2,1H3. The van der Waals surface area contributed by atoms with Crippen LogP contribution in [0.15, 0.2) is 18.2 Å². The highest BCUT2D eigenvalue weighted by molar-refractivity contribution is 5.99. The second kappa shape index (κ2) is 6.41. The Labute approximate surface area is 119 Å². The molecule has 1 aromatic rings. The van der Waals surface area contributed by atoms with Crippen molar-refractivity contribution < 1.29 is 9.59 Å². The average molecular weight is 275 g/mol. The van der Waals surface area contributed by atoms with Crippen LogP contribution >= 0.6 is 0 Å². The minimum atomic E-state index is -0.0570. The molecule has 1 aliphatic rings. The maximum atomic E-state index is 12.0. The normalized spacial score (nSPS) is 14.9. The first kappa shape index (κ1) is 14.4. The van der Waals surface area contributed by atoms with Crippen LogP contribution in [0.1, 0.15) is 36.5 Å². The maximum Gasteiger partial charge on any atom is 0.241 e. The number of ketones is 1. The van der Waals surface area contributed by atoms with Gasteiger partial charge in [0.05, 0.1) is 6.54 Å². The van der Waals surface area contributed by atoms with Gasteiger partial charge in [0.15, 0.2) is 5.78 Å². The predicted molar refractivity (Wildman–Crippen MR) is 79.8 cm³/mol. The van der Waals surface area contributed by atoms with Crippen LogP contribution in [0.3, 0.4) is 0 Å². The third-order valence-corrected chi connectivity index (χ3v) is 3.58. The molecule has 0 radical (unpaired) electrons. The summed E-state index contributed by atoms with van der Waals surface area (Å²) in [4.78, 5) is 25.2. The third kappa shape index (κ3) is 3.50. The van der Waals surface area contributed by atoms with E-state index in [1.165, 1.54) is 13.3 Å². The summed E-state index contributed by atoms with van der Waals surface area (Å²) in [6, 6.07) is 5.15. The van der Waals surface area contributed by atoms with Gasteiger partial charge in [-0.2, -0.15) is 0 Å². The smallest absolute Gasteiger partial charge is 0.241 e. The van der Waals surface area contributed by atoms with E-state index in [9.17, 15) is 9.59 Å². The number of nitrogens with zero attached hydrogens (tertiary/aromatic N) is 1. The Morgan fingerprint density at radius 3 is 2.55 bits per heavy atom. The molecule has 0 aromatic heterocycles. The second-order valence-corrected chi connectivity index (χ2v) is 5.15. The minimum Gasteiger partial charge on any atom is -0.398 e. The first-order valence-corrected chi connectivity index (χ1v) is 7.00. The molecule has 0 unspecified atom stereocenters. The summed E-state index contributed by atoms with van der Waals surface area (Å²) in [6.45, 7) is 3.45. The van der Waals surface area contributed by atoms with Crippen molar-refractivity contribution in [2.45, 2.75) is 26.2 Å². The van der Waals surface area contributed by atoms with Crippen molar-refractivity contribution in [2.75, 3.05) is 30.7 Å². The molecule has 5 nitrogen and oxygen atoms in total. The lowest BCUT2D eigenvalue weighted by molar-refractivity contribution is -0.130. The summed E-state index contributed by atoms with van der Waals surface area (Å²) in [7, 11) is 0. The summed E-state index contributed by atoms with van der Waals surface area (Å²) in [5.74, 6) is 0.0531. The number of nitrogen functional groups attached to an aromatic ring is 1. The van der Waals surface area contributed by atoms with Crippen LogP contribution in [0.5, 0.6) is 0 Å². The fourth-order valence-corrected chi connectivity index (χ4v) is 2.43. The van der Waals surface area contributed by atoms with Crippen LogP contribution in [0, 0.1) is 0 Å². The lowest BCUT2D eigenvalue weighted by atomic mass is 10.1. The van der Waals surface area contributed by atoms with Gasteiger partial charge in [-0.05, 0) is 44.4 Å². The summed E-state index contributed by atoms with van der Waals surface area (Å²) in [6.07, 6.45) is 3.39. The van der Waals surface area contributed by atoms with Crippen LogP contribution in [0.4, 0.5) is 11.4 Å². The average Bonchev–Trinajstić information content (AvgIpc) is 2.45. The quantitative estimate of drug-likeness (QED) is 0.650. The van der Waals surface area contributed by atoms with E-state index in [2.05, 4.69) is 5.32 Å². The lowest BCUT2D eigenvalue weighted by Gasteiger charge is -2.26. The van der Waals surface area contributed by atoms with Crippen molar-refractivity contribution in [1.29, 1.82) is 0 Å². The zero-order valence-electron chi connectivity index (χ0n) is 11.8. The number of carbonyl (C=O) groups excluding carboxylic acids is 2. The largest absolute Gasteiger partial charge is 0.398 e. The number of Topliss-reactive ketones (excluding diaryl/α,β-unsaturated/α-hetero) is 1. The number of carbonyl (C=O) groups is 2. The Hall–Kier alpha value is -2.04. The molecule has 2 rings (SSSR count). The molecule has 108 valence electrons. The highest BCUT2D eigenvalue weighted by Gasteiger charge is 2.16. The van der Waals surface area contributed by atoms with Gasteiger partial charge in [-0.3, -0.25) is 9.59 Å². The van der Waals surface area contributed by atoms with Crippen LogP contribution in [0.2, 0.25) is 0 Å². The monoisotopic (exact) mass is 275 g/mol. The van der Waals surface area contributed by atoms with Gasteiger partial charge in [0, 0.05) is 30.0 Å². The molecule has 1 heterocycles. The summed E-state index contributed by atoms with van der Waals surface area (Å²) >= 11 is 0. The van der Waals surface area contributed by atoms with Crippen molar-refractivity contribution in [2.24, 2.45) is 0 Å². The fraction of sp³-hybridized carbons (Fsp3) is 0.467. The number of likely N-dealkylation sites (tertiary alicyclic amines) is 1. The van der Waals surface area contributed by atoms with Crippen LogP contribution < -0.4 is 11.1 Å². The van der Waals surface area contributed by atoms with Gasteiger partial charge in [-0.15, -0.1) is 0 Å². The van der Waals surface area contributed by atoms with Gasteiger partial charge in [0.25, 0.3) is 0 Å². The molecule has 0 spiro atoms. The molecule has 0 atom stereocenters. The van der Waals surface area contributed by atoms with Crippen molar-refractivity contribution in [1.82, 2.24) is 4.90 Å². The summed E-state index contributed by atoms with van der Waals surface area (Å²) in [5, 5.41) is 3.07. The molecule has 1 saturated heterocycles. The van der Waals surface area contributed by atoms with E-state index in [1.807, 2.05) is 4.90 Å². The second-order valence-electron chi connectivity index (χ2n) is 5.15. The number of nitrogens with two attached hydrogens (primary N) is 1. The van der Waals surface area contributed by atoms with E-state index >= 15 is 0 Å². The number of piperidine rings is 1. The fourth-order valence-electron chi connectivity index (χ4n) is 2.43. The topological polar surface area (TPSA) is 75.4 Å². The zero-order chi connectivity index (χ0) is 14.5. The third-order valence-electron chi connectivity index (χ3n) is 3.58. The Kier molecular flexibility index (Phi) is 4.61. The van der Waals surface area contributed by atoms with Gasteiger partial charge in [0.2, 0.25) is 5.91 Å². The molecule has 20 heavy (non-hydrogen) atoms. The first-order chi connectivity index (χ1) is 9.58. The van der Waals surface area contributed by atoms with Crippen LogP contribution in [0.25, 0.3) is 0 Å². The highest BCUT2D eigenvalue weighted by atomic mass is 16.2. The van der Waals surface area contributed by atoms with E-state index in [-0.39, 0.29) is 18.2 Å². The van der Waals surface area contributed by atoms with Crippen molar-refractivity contribution in [3.63, 3.8) is 0 Å². The van der Waals surface area contributed by atoms with Crippen molar-refractivity contribution in [3.05, 3.63) is 23.8 Å². The highest BCUT2D eigenvalue weighted by Crippen LogP contribution is 2.18. The Morgan fingerprint density at radius 1 is 1.25 bits per heavy atom. The summed E-state index contributed by atoms with van der Waals surface area (Å²) in [5.41, 5.74) is 7.53. The van der Waals surface area contributed by atoms with Crippen LogP contribution in [-0.2, 0) is 4.79 Å². The van der Waals surface area contributed by atoms with Gasteiger partial charge in [0.1, 0.15) is 0 Å². The Morgan fingerprint density at radius 2 is 1.95 bits per heavy atom. The van der Waals surface area contributed by atoms with Gasteiger partial charge in [-0.25, -0.2) is 0 Å². The molecule has 3 N–H and O–H groups in total. The zero-order valence-corrected chi connectivity index (χ0v) is 11.8. The Balaban J connectivity index is 1.92. The molecular weight excluding hydrogens is 254 g/mol. The van der Waals surface area contributed by atoms with Gasteiger partial charge < -0.3 is 16.0 Å². The Bertz CT molecular complexity index is 508.